The molecule has 1 saturated heterocycles. The molecule has 5 nitrogen and oxygen atoms in total. The number of carbonyl (C=O) groups excluding carboxylic acids is 1. The molecule has 1 fully saturated rings. The Morgan fingerprint density at radius 2 is 2.00 bits per heavy atom. The monoisotopic (exact) mass is 288 g/mol. The van der Waals surface area contributed by atoms with Gasteiger partial charge >= 0.3 is 0 Å². The molecule has 1 N–H and O–H groups in total. The summed E-state index contributed by atoms with van der Waals surface area (Å²) in [5.41, 5.74) is 0.618. The Morgan fingerprint density at radius 3 is 2.65 bits per heavy atom. The highest BCUT2D eigenvalue weighted by Crippen LogP contribution is 2.17. The fraction of sp³-hybridized carbons (Fsp3) is 0.214. The fourth-order valence-corrected chi connectivity index (χ4v) is 2.21. The average Bonchev–Trinajstić information content (AvgIpc) is 2.44. The fourth-order valence-electron chi connectivity index (χ4n) is 2.08. The first-order chi connectivity index (χ1) is 9.72. The minimum atomic E-state index is -0.0783. The highest BCUT2D eigenvalue weighted by atomic mass is 35.5. The van der Waals surface area contributed by atoms with Crippen LogP contribution in [-0.2, 0) is 0 Å². The predicted molar refractivity (Wildman–Crippen MR) is 77.0 cm³/mol. The van der Waals surface area contributed by atoms with Gasteiger partial charge in [-0.15, -0.1) is 0 Å². The van der Waals surface area contributed by atoms with Gasteiger partial charge in [0.15, 0.2) is 0 Å². The van der Waals surface area contributed by atoms with Gasteiger partial charge in [-0.2, -0.15) is 0 Å². The van der Waals surface area contributed by atoms with Crippen molar-refractivity contribution in [3.63, 3.8) is 0 Å². The summed E-state index contributed by atoms with van der Waals surface area (Å²) in [4.78, 5) is 22.3. The summed E-state index contributed by atoms with van der Waals surface area (Å²) in [6.07, 6.45) is 5.02. The van der Waals surface area contributed by atoms with Crippen molar-refractivity contribution in [3.05, 3.63) is 53.4 Å². The third kappa shape index (κ3) is 2.72. The van der Waals surface area contributed by atoms with Gasteiger partial charge in [0.1, 0.15) is 5.82 Å². The van der Waals surface area contributed by atoms with Gasteiger partial charge in [0.25, 0.3) is 5.91 Å². The Bertz CT molecular complexity index is 596. The lowest BCUT2D eigenvalue weighted by atomic mass is 10.1. The number of hydrogen-bond donors (Lipinski definition) is 1. The molecule has 2 heterocycles. The van der Waals surface area contributed by atoms with Crippen LogP contribution in [0, 0.1) is 0 Å². The lowest BCUT2D eigenvalue weighted by Gasteiger charge is -2.40. The molecule has 0 radical (unpaired) electrons. The number of hydrogen-bond acceptors (Lipinski definition) is 4. The van der Waals surface area contributed by atoms with Crippen molar-refractivity contribution >= 4 is 23.3 Å². The molecule has 1 aromatic carbocycles. The van der Waals surface area contributed by atoms with Crippen LogP contribution in [0.5, 0.6) is 0 Å². The molecule has 1 amide bonds. The summed E-state index contributed by atoms with van der Waals surface area (Å²) in [5, 5.41) is 3.60. The van der Waals surface area contributed by atoms with E-state index in [0.717, 1.165) is 18.9 Å². The summed E-state index contributed by atoms with van der Waals surface area (Å²) in [5.74, 6) is 0.759. The number of aromatic nitrogens is 2. The van der Waals surface area contributed by atoms with Gasteiger partial charge in [0, 0.05) is 36.1 Å². The van der Waals surface area contributed by atoms with Crippen molar-refractivity contribution in [2.24, 2.45) is 0 Å². The van der Waals surface area contributed by atoms with Crippen molar-refractivity contribution in [2.45, 2.75) is 6.04 Å². The standard InChI is InChI=1S/C14H13ClN4O/c15-11-3-1-10(2-4-11)14(20)18-12-8-19(9-12)13-7-16-5-6-17-13/h1-7,12H,8-9H2,(H,18,20). The van der Waals surface area contributed by atoms with Crippen LogP contribution < -0.4 is 10.2 Å². The molecule has 1 aliphatic heterocycles. The van der Waals surface area contributed by atoms with E-state index < -0.39 is 0 Å². The molecule has 0 unspecified atom stereocenters. The number of halogens is 1. The smallest absolute Gasteiger partial charge is 0.251 e. The van der Waals surface area contributed by atoms with Crippen LogP contribution in [0.25, 0.3) is 0 Å². The van der Waals surface area contributed by atoms with Crippen molar-refractivity contribution in [2.75, 3.05) is 18.0 Å². The number of benzene rings is 1. The van der Waals surface area contributed by atoms with Crippen molar-refractivity contribution in [1.29, 1.82) is 0 Å². The van der Waals surface area contributed by atoms with E-state index in [1.54, 1.807) is 42.9 Å². The van der Waals surface area contributed by atoms with Crippen LogP contribution in [0.2, 0.25) is 5.02 Å². The van der Waals surface area contributed by atoms with E-state index in [-0.39, 0.29) is 11.9 Å². The minimum Gasteiger partial charge on any atom is -0.351 e. The van der Waals surface area contributed by atoms with Crippen LogP contribution in [-0.4, -0.2) is 35.0 Å². The van der Waals surface area contributed by atoms with Gasteiger partial charge in [-0.05, 0) is 24.3 Å². The SMILES string of the molecule is O=C(NC1CN(c2cnccn2)C1)c1ccc(Cl)cc1. The summed E-state index contributed by atoms with van der Waals surface area (Å²) >= 11 is 5.80. The van der Waals surface area contributed by atoms with Crippen molar-refractivity contribution < 1.29 is 4.79 Å². The molecule has 0 bridgehead atoms. The molecule has 0 saturated carbocycles. The van der Waals surface area contributed by atoms with Crippen molar-refractivity contribution in [3.8, 4) is 0 Å². The van der Waals surface area contributed by atoms with E-state index in [4.69, 9.17) is 11.6 Å². The number of nitrogens with zero attached hydrogens (tertiary/aromatic N) is 3. The zero-order valence-corrected chi connectivity index (χ0v) is 11.4. The van der Waals surface area contributed by atoms with E-state index in [2.05, 4.69) is 20.2 Å². The van der Waals surface area contributed by atoms with Crippen LogP contribution in [0.3, 0.4) is 0 Å². The van der Waals surface area contributed by atoms with E-state index in [1.807, 2.05) is 0 Å². The lowest BCUT2D eigenvalue weighted by molar-refractivity contribution is 0.0930. The van der Waals surface area contributed by atoms with Gasteiger partial charge in [0.05, 0.1) is 12.2 Å². The predicted octanol–water partition coefficient (Wildman–Crippen LogP) is 1.75. The Kier molecular flexibility index (Phi) is 3.52. The first-order valence-electron chi connectivity index (χ1n) is 6.30. The van der Waals surface area contributed by atoms with E-state index in [1.165, 1.54) is 0 Å². The van der Waals surface area contributed by atoms with Crippen LogP contribution in [0.4, 0.5) is 5.82 Å². The second-order valence-corrected chi connectivity index (χ2v) is 5.08. The average molecular weight is 289 g/mol. The summed E-state index contributed by atoms with van der Waals surface area (Å²) in [6.45, 7) is 1.50. The number of nitrogens with one attached hydrogen (secondary N) is 1. The highest BCUT2D eigenvalue weighted by molar-refractivity contribution is 6.30. The summed E-state index contributed by atoms with van der Waals surface area (Å²) < 4.78 is 0. The summed E-state index contributed by atoms with van der Waals surface area (Å²) in [7, 11) is 0. The molecule has 1 aliphatic rings. The maximum absolute atomic E-state index is 12.0. The maximum Gasteiger partial charge on any atom is 0.251 e. The van der Waals surface area contributed by atoms with E-state index in [0.29, 0.717) is 10.6 Å². The molecule has 102 valence electrons. The zero-order chi connectivity index (χ0) is 13.9. The Hall–Kier alpha value is -2.14. The lowest BCUT2D eigenvalue weighted by Crippen LogP contribution is -2.59. The quantitative estimate of drug-likeness (QED) is 0.935. The normalized spacial score (nSPS) is 14.8. The second-order valence-electron chi connectivity index (χ2n) is 4.65. The molecular formula is C14H13ClN4O. The molecule has 0 aliphatic carbocycles. The van der Waals surface area contributed by atoms with Crippen LogP contribution in [0.15, 0.2) is 42.9 Å². The maximum atomic E-state index is 12.0. The van der Waals surface area contributed by atoms with Gasteiger partial charge in [-0.3, -0.25) is 9.78 Å². The molecule has 6 heteroatoms. The van der Waals surface area contributed by atoms with Crippen LogP contribution >= 0.6 is 11.6 Å². The highest BCUT2D eigenvalue weighted by Gasteiger charge is 2.29. The Labute approximate surface area is 121 Å². The van der Waals surface area contributed by atoms with Gasteiger partial charge in [-0.25, -0.2) is 4.98 Å². The first-order valence-corrected chi connectivity index (χ1v) is 6.67. The van der Waals surface area contributed by atoms with Crippen molar-refractivity contribution in [1.82, 2.24) is 15.3 Å². The molecule has 3 rings (SSSR count). The molecule has 2 aromatic rings. The van der Waals surface area contributed by atoms with E-state index >= 15 is 0 Å². The zero-order valence-electron chi connectivity index (χ0n) is 10.7. The number of amides is 1. The van der Waals surface area contributed by atoms with Gasteiger partial charge < -0.3 is 10.2 Å². The first kappa shape index (κ1) is 12.9. The largest absolute Gasteiger partial charge is 0.351 e. The third-order valence-electron chi connectivity index (χ3n) is 3.20. The Balaban J connectivity index is 1.54. The third-order valence-corrected chi connectivity index (χ3v) is 3.45. The molecule has 0 spiro atoms. The summed E-state index contributed by atoms with van der Waals surface area (Å²) in [6, 6.07) is 7.00. The second kappa shape index (κ2) is 5.46. The molecule has 1 aromatic heterocycles. The Morgan fingerprint density at radius 1 is 1.25 bits per heavy atom. The molecule has 20 heavy (non-hydrogen) atoms. The molecule has 0 atom stereocenters. The number of carbonyl (C=O) groups is 1. The molecular weight excluding hydrogens is 276 g/mol. The minimum absolute atomic E-state index is 0.0783. The number of rotatable bonds is 3. The van der Waals surface area contributed by atoms with Gasteiger partial charge in [-0.1, -0.05) is 11.6 Å². The van der Waals surface area contributed by atoms with Gasteiger partial charge in [0.2, 0.25) is 0 Å². The van der Waals surface area contributed by atoms with Crippen LogP contribution in [0.1, 0.15) is 10.4 Å². The van der Waals surface area contributed by atoms with E-state index in [9.17, 15) is 4.79 Å². The number of anilines is 1. The topological polar surface area (TPSA) is 58.1 Å².